The minimum Gasteiger partial charge on any atom is -0.463 e. The number of carbonyl (C=O) groups excluding carboxylic acids is 1. The van der Waals surface area contributed by atoms with E-state index in [9.17, 15) is 4.79 Å². The highest BCUT2D eigenvalue weighted by molar-refractivity contribution is 5.69. The molecule has 0 saturated heterocycles. The molecule has 0 bridgehead atoms. The summed E-state index contributed by atoms with van der Waals surface area (Å²) in [5, 5.41) is 0. The minimum absolute atomic E-state index is 0.111. The Balaban J connectivity index is 3.10. The van der Waals surface area contributed by atoms with Gasteiger partial charge >= 0.3 is 5.97 Å². The van der Waals surface area contributed by atoms with Gasteiger partial charge in [-0.15, -0.1) is 0 Å². The zero-order valence-corrected chi connectivity index (χ0v) is 7.97. The molecule has 0 aromatic rings. The van der Waals surface area contributed by atoms with Crippen molar-refractivity contribution >= 4 is 5.97 Å². The number of carbonyl (C=O) groups is 1. The van der Waals surface area contributed by atoms with Crippen LogP contribution in [-0.4, -0.2) is 26.3 Å². The largest absolute Gasteiger partial charge is 0.463 e. The summed E-state index contributed by atoms with van der Waals surface area (Å²) in [6.45, 7) is 2.97. The van der Waals surface area contributed by atoms with Gasteiger partial charge in [0.05, 0.1) is 6.61 Å². The van der Waals surface area contributed by atoms with E-state index in [0.29, 0.717) is 19.6 Å². The molecule has 0 unspecified atom stereocenters. The summed E-state index contributed by atoms with van der Waals surface area (Å²) in [5.74, 6) is -0.111. The number of hydrogen-bond acceptors (Lipinski definition) is 3. The van der Waals surface area contributed by atoms with Gasteiger partial charge in [-0.1, -0.05) is 19.8 Å². The first-order chi connectivity index (χ1) is 5.81. The van der Waals surface area contributed by atoms with Gasteiger partial charge in [-0.3, -0.25) is 4.79 Å². The van der Waals surface area contributed by atoms with Crippen molar-refractivity contribution in [1.82, 2.24) is 0 Å². The molecule has 72 valence electrons. The highest BCUT2D eigenvalue weighted by Gasteiger charge is 2.00. The maximum absolute atomic E-state index is 10.9. The van der Waals surface area contributed by atoms with E-state index in [1.54, 1.807) is 7.11 Å². The molecule has 0 aliphatic rings. The van der Waals surface area contributed by atoms with Gasteiger partial charge in [0, 0.05) is 13.5 Å². The smallest absolute Gasteiger partial charge is 0.305 e. The molecular weight excluding hydrogens is 156 g/mol. The molecule has 12 heavy (non-hydrogen) atoms. The van der Waals surface area contributed by atoms with Crippen LogP contribution < -0.4 is 0 Å². The lowest BCUT2D eigenvalue weighted by molar-refractivity contribution is -0.145. The fraction of sp³-hybridized carbons (Fsp3) is 0.889. The Morgan fingerprint density at radius 3 is 2.58 bits per heavy atom. The average molecular weight is 174 g/mol. The molecule has 0 spiro atoms. The van der Waals surface area contributed by atoms with Crippen LogP contribution in [0.1, 0.15) is 32.6 Å². The molecule has 0 radical (unpaired) electrons. The van der Waals surface area contributed by atoms with Crippen molar-refractivity contribution < 1.29 is 14.3 Å². The summed E-state index contributed by atoms with van der Waals surface area (Å²) >= 11 is 0. The van der Waals surface area contributed by atoms with Gasteiger partial charge in [0.25, 0.3) is 0 Å². The Morgan fingerprint density at radius 2 is 2.00 bits per heavy atom. The predicted molar refractivity (Wildman–Crippen MR) is 47.0 cm³/mol. The number of unbranched alkanes of at least 4 members (excludes halogenated alkanes) is 2. The van der Waals surface area contributed by atoms with Crippen LogP contribution in [0.15, 0.2) is 0 Å². The van der Waals surface area contributed by atoms with E-state index in [2.05, 4.69) is 6.92 Å². The molecule has 0 aromatic heterocycles. The normalized spacial score (nSPS) is 9.83. The molecule has 0 heterocycles. The van der Waals surface area contributed by atoms with Gasteiger partial charge < -0.3 is 9.47 Å². The Hall–Kier alpha value is -0.570. The monoisotopic (exact) mass is 174 g/mol. The molecule has 0 aromatic carbocycles. The quantitative estimate of drug-likeness (QED) is 0.436. The molecule has 0 aliphatic heterocycles. The molecule has 0 amide bonds. The van der Waals surface area contributed by atoms with Crippen LogP contribution in [0.3, 0.4) is 0 Å². The molecule has 0 saturated carbocycles. The molecule has 0 rings (SSSR count). The summed E-state index contributed by atoms with van der Waals surface area (Å²) in [6.07, 6.45) is 3.70. The van der Waals surface area contributed by atoms with Crippen LogP contribution in [0.25, 0.3) is 0 Å². The van der Waals surface area contributed by atoms with Crippen LogP contribution in [0, 0.1) is 0 Å². The van der Waals surface area contributed by atoms with Crippen molar-refractivity contribution in [1.29, 1.82) is 0 Å². The predicted octanol–water partition coefficient (Wildman–Crippen LogP) is 1.76. The van der Waals surface area contributed by atoms with E-state index in [-0.39, 0.29) is 5.97 Å². The average Bonchev–Trinajstić information content (AvgIpc) is 2.06. The maximum atomic E-state index is 10.9. The second-order valence-electron chi connectivity index (χ2n) is 2.67. The summed E-state index contributed by atoms with van der Waals surface area (Å²) < 4.78 is 9.61. The highest BCUT2D eigenvalue weighted by atomic mass is 16.6. The lowest BCUT2D eigenvalue weighted by Crippen LogP contribution is -2.09. The van der Waals surface area contributed by atoms with Crippen molar-refractivity contribution in [3.63, 3.8) is 0 Å². The van der Waals surface area contributed by atoms with Crippen molar-refractivity contribution in [3.05, 3.63) is 0 Å². The van der Waals surface area contributed by atoms with E-state index < -0.39 is 0 Å². The van der Waals surface area contributed by atoms with E-state index in [1.165, 1.54) is 0 Å². The number of hydrogen-bond donors (Lipinski definition) is 0. The summed E-state index contributed by atoms with van der Waals surface area (Å²) in [5.41, 5.74) is 0. The lowest BCUT2D eigenvalue weighted by Gasteiger charge is -2.02. The Kier molecular flexibility index (Phi) is 8.12. The molecular formula is C9H18O3. The van der Waals surface area contributed by atoms with Crippen LogP contribution in [0.4, 0.5) is 0 Å². The first-order valence-electron chi connectivity index (χ1n) is 4.45. The lowest BCUT2D eigenvalue weighted by atomic mass is 10.2. The fourth-order valence-electron chi connectivity index (χ4n) is 0.830. The number of esters is 1. The Bertz CT molecular complexity index is 100. The van der Waals surface area contributed by atoms with Crippen LogP contribution in [0.2, 0.25) is 0 Å². The van der Waals surface area contributed by atoms with Crippen molar-refractivity contribution in [2.24, 2.45) is 0 Å². The molecule has 3 nitrogen and oxygen atoms in total. The van der Waals surface area contributed by atoms with Gasteiger partial charge in [-0.25, -0.2) is 0 Å². The second-order valence-corrected chi connectivity index (χ2v) is 2.67. The van der Waals surface area contributed by atoms with Crippen molar-refractivity contribution in [2.75, 3.05) is 20.3 Å². The van der Waals surface area contributed by atoms with Crippen LogP contribution in [0.5, 0.6) is 0 Å². The van der Waals surface area contributed by atoms with Gasteiger partial charge in [0.15, 0.2) is 0 Å². The van der Waals surface area contributed by atoms with Crippen molar-refractivity contribution in [2.45, 2.75) is 32.6 Å². The highest BCUT2D eigenvalue weighted by Crippen LogP contribution is 1.99. The Labute approximate surface area is 74.0 Å². The summed E-state index contributed by atoms with van der Waals surface area (Å²) in [6, 6.07) is 0. The third kappa shape index (κ3) is 7.54. The number of ether oxygens (including phenoxy) is 2. The molecule has 0 aliphatic carbocycles. The van der Waals surface area contributed by atoms with Crippen molar-refractivity contribution in [3.8, 4) is 0 Å². The van der Waals surface area contributed by atoms with Gasteiger partial charge in [0.1, 0.15) is 6.61 Å². The van der Waals surface area contributed by atoms with Gasteiger partial charge in [-0.2, -0.15) is 0 Å². The first-order valence-corrected chi connectivity index (χ1v) is 4.45. The second kappa shape index (κ2) is 8.53. The van der Waals surface area contributed by atoms with Crippen LogP contribution >= 0.6 is 0 Å². The van der Waals surface area contributed by atoms with Gasteiger partial charge in [0.2, 0.25) is 0 Å². The molecule has 0 N–H and O–H groups in total. The van der Waals surface area contributed by atoms with E-state index in [4.69, 9.17) is 9.47 Å². The van der Waals surface area contributed by atoms with E-state index >= 15 is 0 Å². The van der Waals surface area contributed by atoms with E-state index in [1.807, 2.05) is 0 Å². The molecule has 0 atom stereocenters. The number of rotatable bonds is 7. The zero-order chi connectivity index (χ0) is 9.23. The fourth-order valence-corrected chi connectivity index (χ4v) is 0.830. The minimum atomic E-state index is -0.111. The molecule has 3 heteroatoms. The third-order valence-corrected chi connectivity index (χ3v) is 1.53. The zero-order valence-electron chi connectivity index (χ0n) is 7.97. The SMILES string of the molecule is CCCCCC(=O)OCCOC. The molecule has 0 fully saturated rings. The summed E-state index contributed by atoms with van der Waals surface area (Å²) in [7, 11) is 1.59. The Morgan fingerprint density at radius 1 is 1.25 bits per heavy atom. The maximum Gasteiger partial charge on any atom is 0.305 e. The third-order valence-electron chi connectivity index (χ3n) is 1.53. The summed E-state index contributed by atoms with van der Waals surface area (Å²) in [4.78, 5) is 10.9. The van der Waals surface area contributed by atoms with Crippen LogP contribution in [-0.2, 0) is 14.3 Å². The first kappa shape index (κ1) is 11.4. The standard InChI is InChI=1S/C9H18O3/c1-3-4-5-6-9(10)12-8-7-11-2/h3-8H2,1-2H3. The number of methoxy groups -OCH3 is 1. The van der Waals surface area contributed by atoms with E-state index in [0.717, 1.165) is 19.3 Å². The van der Waals surface area contributed by atoms with Gasteiger partial charge in [-0.05, 0) is 6.42 Å². The topological polar surface area (TPSA) is 35.5 Å².